The Labute approximate surface area is 171 Å². The van der Waals surface area contributed by atoms with Gasteiger partial charge in [-0.1, -0.05) is 23.2 Å². The van der Waals surface area contributed by atoms with E-state index >= 15 is 0 Å². The first-order valence-electron chi connectivity index (χ1n) is 8.90. The molecular formula is C19H18Cl2N4O3. The maximum absolute atomic E-state index is 12.3. The van der Waals surface area contributed by atoms with Crippen molar-refractivity contribution >= 4 is 35.0 Å². The molecule has 1 aromatic heterocycles. The Hall–Kier alpha value is -2.38. The Morgan fingerprint density at radius 3 is 2.71 bits per heavy atom. The lowest BCUT2D eigenvalue weighted by Gasteiger charge is -2.39. The van der Waals surface area contributed by atoms with Gasteiger partial charge in [0.25, 0.3) is 11.8 Å². The lowest BCUT2D eigenvalue weighted by Crippen LogP contribution is -2.53. The smallest absolute Gasteiger partial charge is 0.271 e. The second kappa shape index (κ2) is 7.56. The summed E-state index contributed by atoms with van der Waals surface area (Å²) < 4.78 is 5.49. The van der Waals surface area contributed by atoms with Crippen molar-refractivity contribution in [3.8, 4) is 5.75 Å². The summed E-state index contributed by atoms with van der Waals surface area (Å²) in [5.41, 5.74) is 0.0167. The van der Waals surface area contributed by atoms with Gasteiger partial charge >= 0.3 is 0 Å². The summed E-state index contributed by atoms with van der Waals surface area (Å²) in [6.07, 6.45) is 6.83. The van der Waals surface area contributed by atoms with Crippen molar-refractivity contribution in [3.63, 3.8) is 0 Å². The number of hydrogen-bond acceptors (Lipinski definition) is 5. The lowest BCUT2D eigenvalue weighted by atomic mass is 9.76. The van der Waals surface area contributed by atoms with Crippen molar-refractivity contribution < 1.29 is 14.3 Å². The van der Waals surface area contributed by atoms with Crippen LogP contribution in [0.3, 0.4) is 0 Å². The van der Waals surface area contributed by atoms with E-state index in [2.05, 4.69) is 20.6 Å². The molecule has 3 aliphatic rings. The number of ether oxygens (including phenoxy) is 1. The SMILES string of the molecule is O=C(COc1ccc(Cl)c(Cl)c1)NC12CC(C1)C(NC(=O)c1cnccn1)C2. The molecule has 1 heterocycles. The highest BCUT2D eigenvalue weighted by Gasteiger charge is 2.57. The summed E-state index contributed by atoms with van der Waals surface area (Å²) in [6.45, 7) is -0.110. The Morgan fingerprint density at radius 2 is 2.00 bits per heavy atom. The normalized spacial score (nSPS) is 24.9. The van der Waals surface area contributed by atoms with Crippen LogP contribution in [-0.4, -0.2) is 40.0 Å². The standard InChI is InChI=1S/C19H18Cl2N4O3/c20-13-2-1-12(5-14(13)21)28-10-17(26)25-19-6-11(7-19)15(8-19)24-18(27)16-9-22-3-4-23-16/h1-5,9,11,15H,6-8,10H2,(H,24,27)(H,25,26). The van der Waals surface area contributed by atoms with E-state index in [1.54, 1.807) is 18.2 Å². The largest absolute Gasteiger partial charge is 0.484 e. The molecule has 3 saturated carbocycles. The van der Waals surface area contributed by atoms with Crippen LogP contribution in [0.4, 0.5) is 0 Å². The lowest BCUT2D eigenvalue weighted by molar-refractivity contribution is -0.125. The minimum Gasteiger partial charge on any atom is -0.484 e. The number of carbonyl (C=O) groups excluding carboxylic acids is 2. The number of nitrogens with one attached hydrogen (secondary N) is 2. The molecule has 146 valence electrons. The highest BCUT2D eigenvalue weighted by atomic mass is 35.5. The van der Waals surface area contributed by atoms with E-state index in [9.17, 15) is 9.59 Å². The zero-order valence-electron chi connectivity index (χ0n) is 14.8. The first-order valence-corrected chi connectivity index (χ1v) is 9.65. The third-order valence-electron chi connectivity index (χ3n) is 5.26. The molecule has 1 aromatic carbocycles. The van der Waals surface area contributed by atoms with Crippen molar-refractivity contribution in [1.29, 1.82) is 0 Å². The summed E-state index contributed by atoms with van der Waals surface area (Å²) >= 11 is 11.8. The van der Waals surface area contributed by atoms with Crippen LogP contribution in [0.15, 0.2) is 36.8 Å². The molecular weight excluding hydrogens is 403 g/mol. The summed E-state index contributed by atoms with van der Waals surface area (Å²) in [4.78, 5) is 32.5. The van der Waals surface area contributed by atoms with Crippen LogP contribution in [-0.2, 0) is 4.79 Å². The molecule has 9 heteroatoms. The molecule has 0 saturated heterocycles. The monoisotopic (exact) mass is 420 g/mol. The van der Waals surface area contributed by atoms with Crippen molar-refractivity contribution in [2.75, 3.05) is 6.61 Å². The van der Waals surface area contributed by atoms with E-state index < -0.39 is 0 Å². The van der Waals surface area contributed by atoms with Gasteiger partial charge in [0.15, 0.2) is 6.61 Å². The van der Waals surface area contributed by atoms with E-state index in [0.29, 0.717) is 33.8 Å². The van der Waals surface area contributed by atoms with E-state index in [1.165, 1.54) is 18.6 Å². The molecule has 5 rings (SSSR count). The molecule has 0 radical (unpaired) electrons. The highest BCUT2D eigenvalue weighted by molar-refractivity contribution is 6.42. The molecule has 2 bridgehead atoms. The average Bonchev–Trinajstić information content (AvgIpc) is 3.17. The summed E-state index contributed by atoms with van der Waals surface area (Å²) in [5, 5.41) is 6.86. The van der Waals surface area contributed by atoms with Gasteiger partial charge < -0.3 is 15.4 Å². The maximum Gasteiger partial charge on any atom is 0.271 e. The first kappa shape index (κ1) is 19.0. The molecule has 2 aromatic rings. The number of benzene rings is 1. The van der Waals surface area contributed by atoms with Gasteiger partial charge in [0.2, 0.25) is 0 Å². The second-order valence-electron chi connectivity index (χ2n) is 7.24. The zero-order chi connectivity index (χ0) is 19.7. The van der Waals surface area contributed by atoms with Crippen molar-refractivity contribution in [1.82, 2.24) is 20.6 Å². The number of rotatable bonds is 6. The fraction of sp³-hybridized carbons (Fsp3) is 0.368. The zero-order valence-corrected chi connectivity index (χ0v) is 16.3. The average molecular weight is 421 g/mol. The summed E-state index contributed by atoms with van der Waals surface area (Å²) in [5.74, 6) is 0.395. The molecule has 3 fully saturated rings. The fourth-order valence-electron chi connectivity index (χ4n) is 4.01. The minimum atomic E-state index is -0.275. The predicted molar refractivity (Wildman–Crippen MR) is 103 cm³/mol. The molecule has 2 amide bonds. The minimum absolute atomic E-state index is 0.0193. The number of nitrogens with zero attached hydrogens (tertiary/aromatic N) is 2. The quantitative estimate of drug-likeness (QED) is 0.748. The molecule has 7 nitrogen and oxygen atoms in total. The summed E-state index contributed by atoms with van der Waals surface area (Å²) in [6, 6.07) is 4.87. The van der Waals surface area contributed by atoms with Gasteiger partial charge in [-0.05, 0) is 37.3 Å². The van der Waals surface area contributed by atoms with Crippen LogP contribution >= 0.6 is 23.2 Å². The van der Waals surface area contributed by atoms with Gasteiger partial charge in [0.05, 0.1) is 16.2 Å². The van der Waals surface area contributed by atoms with Crippen LogP contribution in [0, 0.1) is 5.92 Å². The molecule has 2 N–H and O–H groups in total. The number of aromatic nitrogens is 2. The van der Waals surface area contributed by atoms with Crippen molar-refractivity contribution in [2.24, 2.45) is 5.92 Å². The molecule has 3 aliphatic carbocycles. The van der Waals surface area contributed by atoms with Crippen LogP contribution in [0.5, 0.6) is 5.75 Å². The van der Waals surface area contributed by atoms with Gasteiger partial charge in [-0.2, -0.15) is 0 Å². The van der Waals surface area contributed by atoms with Gasteiger partial charge in [-0.25, -0.2) is 4.98 Å². The van der Waals surface area contributed by atoms with E-state index in [0.717, 1.165) is 12.8 Å². The maximum atomic E-state index is 12.3. The highest BCUT2D eigenvalue weighted by Crippen LogP contribution is 2.52. The van der Waals surface area contributed by atoms with Crippen LogP contribution in [0.2, 0.25) is 10.0 Å². The van der Waals surface area contributed by atoms with E-state index in [1.807, 2.05) is 0 Å². The van der Waals surface area contributed by atoms with Gasteiger partial charge in [-0.15, -0.1) is 0 Å². The predicted octanol–water partition coefficient (Wildman–Crippen LogP) is 2.63. The Bertz CT molecular complexity index is 903. The summed E-state index contributed by atoms with van der Waals surface area (Å²) in [7, 11) is 0. The third kappa shape index (κ3) is 3.91. The Kier molecular flexibility index (Phi) is 5.12. The van der Waals surface area contributed by atoms with Crippen LogP contribution < -0.4 is 15.4 Å². The van der Waals surface area contributed by atoms with Gasteiger partial charge in [-0.3, -0.25) is 14.6 Å². The molecule has 28 heavy (non-hydrogen) atoms. The second-order valence-corrected chi connectivity index (χ2v) is 8.05. The molecule has 0 aliphatic heterocycles. The van der Waals surface area contributed by atoms with Crippen LogP contribution in [0.25, 0.3) is 0 Å². The number of halogens is 2. The topological polar surface area (TPSA) is 93.2 Å². The van der Waals surface area contributed by atoms with Gasteiger partial charge in [0.1, 0.15) is 11.4 Å². The number of fused-ring (bicyclic) bond motifs is 1. The third-order valence-corrected chi connectivity index (χ3v) is 6.00. The molecule has 0 spiro atoms. The number of carbonyl (C=O) groups is 2. The number of hydrogen-bond donors (Lipinski definition) is 2. The van der Waals surface area contributed by atoms with E-state index in [-0.39, 0.29) is 30.0 Å². The van der Waals surface area contributed by atoms with Crippen molar-refractivity contribution in [2.45, 2.75) is 30.8 Å². The molecule has 1 unspecified atom stereocenters. The number of amides is 2. The molecule has 1 atom stereocenters. The van der Waals surface area contributed by atoms with Gasteiger partial charge in [0, 0.05) is 30.0 Å². The Balaban J connectivity index is 1.27. The first-order chi connectivity index (χ1) is 13.4. The van der Waals surface area contributed by atoms with Crippen molar-refractivity contribution in [3.05, 3.63) is 52.5 Å². The fourth-order valence-corrected chi connectivity index (χ4v) is 4.30. The van der Waals surface area contributed by atoms with E-state index in [4.69, 9.17) is 27.9 Å². The Morgan fingerprint density at radius 1 is 1.18 bits per heavy atom. The van der Waals surface area contributed by atoms with Crippen LogP contribution in [0.1, 0.15) is 29.8 Å².